The van der Waals surface area contributed by atoms with Gasteiger partial charge in [0.25, 0.3) is 0 Å². The zero-order valence-electron chi connectivity index (χ0n) is 2.82. The monoisotopic (exact) mass is 346 g/mol. The van der Waals surface area contributed by atoms with E-state index in [1.54, 1.807) is 0 Å². The molecule has 0 aromatic rings. The second-order valence-corrected chi connectivity index (χ2v) is 0.645. The predicted octanol–water partition coefficient (Wildman–Crippen LogP) is 0.759. The Hall–Kier alpha value is -0.750. The van der Waals surface area contributed by atoms with E-state index in [0.717, 1.165) is 6.61 Å². The zero-order chi connectivity index (χ0) is 3.41. The topological polar surface area (TPSA) is 20.2 Å². The molecule has 0 rings (SSSR count). The van der Waals surface area contributed by atoms with Crippen molar-refractivity contribution in [2.24, 2.45) is 0 Å². The first-order valence-corrected chi connectivity index (χ1v) is 1.47. The Morgan fingerprint density at radius 1 is 1.80 bits per heavy atom. The van der Waals surface area contributed by atoms with Crippen LogP contribution in [0.15, 0.2) is 0 Å². The van der Waals surface area contributed by atoms with Crippen molar-refractivity contribution in [3.05, 3.63) is 6.61 Å². The van der Waals surface area contributed by atoms with Crippen molar-refractivity contribution < 1.29 is 5.11 Å². The van der Waals surface area contributed by atoms with E-state index < -0.39 is 0 Å². The van der Waals surface area contributed by atoms with Crippen LogP contribution in [0.25, 0.3) is 0 Å². The van der Waals surface area contributed by atoms with Crippen molar-refractivity contribution in [3.8, 4) is 0 Å². The van der Waals surface area contributed by atoms with Gasteiger partial charge < -0.3 is 5.11 Å². The minimum absolute atomic E-state index is 0. The van der Waals surface area contributed by atoms with Crippen LogP contribution >= 0.6 is 11.6 Å². The molecular formula is C2H4ClORf-. The fourth-order valence-electron chi connectivity index (χ4n) is 0. The van der Waals surface area contributed by atoms with Crippen molar-refractivity contribution in [3.63, 3.8) is 0 Å². The summed E-state index contributed by atoms with van der Waals surface area (Å²) in [6.45, 7) is 0.890. The molecule has 0 aliphatic heterocycles. The molecule has 0 saturated carbocycles. The molecule has 0 radical (unpaired) electrons. The third kappa shape index (κ3) is 81.2. The van der Waals surface area contributed by atoms with E-state index in [1.807, 2.05) is 0 Å². The number of aliphatic hydroxyl groups is 1. The van der Waals surface area contributed by atoms with Crippen LogP contribution in [0.2, 0.25) is 0 Å². The van der Waals surface area contributed by atoms with Crippen molar-refractivity contribution in [1.82, 2.24) is 0 Å². The molecule has 5 heavy (non-hydrogen) atoms. The molecule has 3 heteroatoms. The molecule has 0 aromatic carbocycles. The summed E-state index contributed by atoms with van der Waals surface area (Å²) >= 11 is 4.88. The van der Waals surface area contributed by atoms with Gasteiger partial charge in [-0.05, 0) is 0 Å². The van der Waals surface area contributed by atoms with E-state index in [-0.39, 0.29) is 5.88 Å². The summed E-state index contributed by atoms with van der Waals surface area (Å²) in [5, 5.41) is 7.62. The summed E-state index contributed by atoms with van der Waals surface area (Å²) < 4.78 is 0. The first-order valence-electron chi connectivity index (χ1n) is 0.934. The molecule has 0 aliphatic carbocycles. The molecule has 0 spiro atoms. The Morgan fingerprint density at radius 3 is 2.00 bits per heavy atom. The van der Waals surface area contributed by atoms with Gasteiger partial charge >= 0.3 is 0 Å². The average molecular weight is 347 g/mol. The number of hydrogen-bond donors (Lipinski definition) is 1. The molecule has 0 unspecified atom stereocenters. The summed E-state index contributed by atoms with van der Waals surface area (Å²) in [7, 11) is 0. The average Bonchev–Trinajstić information content (AvgIpc) is 1.37. The van der Waals surface area contributed by atoms with Gasteiger partial charge in [-0.3, -0.25) is 0 Å². The molecule has 28 valence electrons. The second kappa shape index (κ2) is 10.5. The number of alkyl halides is 1. The van der Waals surface area contributed by atoms with Crippen molar-refractivity contribution in [1.29, 1.82) is 0 Å². The molecule has 0 saturated heterocycles. The summed E-state index contributed by atoms with van der Waals surface area (Å²) in [5.41, 5.74) is 0. The van der Waals surface area contributed by atoms with E-state index in [9.17, 15) is 0 Å². The smallest absolute Gasteiger partial charge is 0 e. The van der Waals surface area contributed by atoms with Crippen LogP contribution in [0, 0.1) is 6.61 Å². The van der Waals surface area contributed by atoms with Gasteiger partial charge in [0, 0.05) is 0 Å². The van der Waals surface area contributed by atoms with Crippen LogP contribution in [0.4, 0.5) is 0 Å². The van der Waals surface area contributed by atoms with Crippen LogP contribution < -0.4 is 0 Å². The third-order valence-electron chi connectivity index (χ3n) is 0.0690. The Balaban J connectivity index is 0. The van der Waals surface area contributed by atoms with Gasteiger partial charge in [0.15, 0.2) is 0 Å². The van der Waals surface area contributed by atoms with Crippen molar-refractivity contribution in [2.45, 2.75) is 0 Å². The Morgan fingerprint density at radius 2 is 2.00 bits per heavy atom. The fraction of sp³-hybridized carbons (Fsp3) is 0.500. The summed E-state index contributed by atoms with van der Waals surface area (Å²) in [4.78, 5) is 0. The van der Waals surface area contributed by atoms with Gasteiger partial charge in [0.2, 0.25) is 0 Å². The molecule has 0 aromatic heterocycles. The zero-order valence-corrected chi connectivity index (χ0v) is 9.97. The number of aliphatic hydroxyl groups excluding tert-OH is 1. The van der Waals surface area contributed by atoms with E-state index in [2.05, 4.69) is 0 Å². The van der Waals surface area contributed by atoms with E-state index in [4.69, 9.17) is 16.7 Å². The van der Waals surface area contributed by atoms with Gasteiger partial charge in [0.1, 0.15) is 0 Å². The van der Waals surface area contributed by atoms with Crippen LogP contribution in [-0.2, 0) is 0 Å². The largest absolute Gasteiger partial charge is 0.565 e. The maximum absolute atomic E-state index is 7.62. The Labute approximate surface area is 30.2 Å². The number of halogens is 1. The molecule has 0 heterocycles. The summed E-state index contributed by atoms with van der Waals surface area (Å²) in [5.74, 6) is 0.222. The fourth-order valence-corrected chi connectivity index (χ4v) is 0. The molecule has 1 nitrogen and oxygen atoms in total. The SMILES string of the molecule is O[CH-]CCl.[Rf]. The van der Waals surface area contributed by atoms with Crippen LogP contribution in [-0.4, -0.2) is 11.0 Å². The number of hydrogen-bond acceptors (Lipinski definition) is 1. The van der Waals surface area contributed by atoms with E-state index in [1.165, 1.54) is 0 Å². The summed E-state index contributed by atoms with van der Waals surface area (Å²) in [6.07, 6.45) is 0. The van der Waals surface area contributed by atoms with Crippen LogP contribution in [0.3, 0.4) is 0 Å². The maximum atomic E-state index is 7.62. The minimum Gasteiger partial charge on any atom is -0.565 e. The van der Waals surface area contributed by atoms with Crippen LogP contribution in [0.5, 0.6) is 0 Å². The quantitative estimate of drug-likeness (QED) is 0.549. The molecular weight excluding hydrogens is 342 g/mol. The van der Waals surface area contributed by atoms with Gasteiger partial charge in [-0.1, -0.05) is 5.88 Å². The van der Waals surface area contributed by atoms with E-state index >= 15 is 0 Å². The molecule has 0 amide bonds. The van der Waals surface area contributed by atoms with Gasteiger partial charge in [0.05, 0.1) is 0 Å². The Bertz CT molecular complexity index is 11.6. The van der Waals surface area contributed by atoms with Crippen molar-refractivity contribution >= 4 is 11.6 Å². The van der Waals surface area contributed by atoms with E-state index in [0.29, 0.717) is 0 Å². The van der Waals surface area contributed by atoms with Gasteiger partial charge in [-0.15, -0.1) is 0 Å². The molecule has 0 aliphatic rings. The van der Waals surface area contributed by atoms with Crippen LogP contribution in [0.1, 0.15) is 0 Å². The standard InChI is InChI=1S/C2H4ClO.Rf/c3-1-2-4;/h2,4H,1H2;/q-1;. The third-order valence-corrected chi connectivity index (χ3v) is 0.207. The van der Waals surface area contributed by atoms with Crippen molar-refractivity contribution in [2.75, 3.05) is 5.88 Å². The van der Waals surface area contributed by atoms with Gasteiger partial charge in [-0.25, -0.2) is 6.61 Å². The van der Waals surface area contributed by atoms with Gasteiger partial charge in [-0.2, -0.15) is 11.6 Å². The molecule has 0 atom stereocenters. The predicted molar refractivity (Wildman–Crippen MR) is 17.0 cm³/mol. The minimum atomic E-state index is 0. The maximum Gasteiger partial charge on any atom is 0 e. The first-order chi connectivity index (χ1) is 1.91. The summed E-state index contributed by atoms with van der Waals surface area (Å²) in [6, 6.07) is 0. The Kier molecular flexibility index (Phi) is 18.7. The molecule has 0 fully saturated rings. The second-order valence-electron chi connectivity index (χ2n) is 0.337. The molecule has 1 N–H and O–H groups in total. The number of rotatable bonds is 1. The first kappa shape index (κ1) is 8.87. The normalized spacial score (nSPS) is 6.00. The molecule has 0 bridgehead atoms.